The van der Waals surface area contributed by atoms with Gasteiger partial charge in [0.1, 0.15) is 0 Å². The normalized spacial score (nSPS) is 14.1. The van der Waals surface area contributed by atoms with Gasteiger partial charge >= 0.3 is 0 Å². The maximum atomic E-state index is 12.3. The van der Waals surface area contributed by atoms with Gasteiger partial charge in [-0.1, -0.05) is 12.1 Å². The molecule has 2 aromatic rings. The predicted molar refractivity (Wildman–Crippen MR) is 91.0 cm³/mol. The summed E-state index contributed by atoms with van der Waals surface area (Å²) in [4.78, 5) is 16.3. The molecule has 0 aliphatic carbocycles. The molecule has 1 aliphatic rings. The van der Waals surface area contributed by atoms with E-state index < -0.39 is 0 Å². The Kier molecular flexibility index (Phi) is 4.55. The Bertz CT molecular complexity index is 678. The van der Waals surface area contributed by atoms with Crippen LogP contribution in [0, 0.1) is 6.92 Å². The number of carbonyl (C=O) groups is 1. The van der Waals surface area contributed by atoms with Gasteiger partial charge in [0.15, 0.2) is 11.5 Å². The van der Waals surface area contributed by atoms with Crippen LogP contribution in [0.3, 0.4) is 0 Å². The molecule has 5 nitrogen and oxygen atoms in total. The number of anilines is 2. The third-order valence-electron chi connectivity index (χ3n) is 4.17. The number of benzene rings is 1. The highest BCUT2D eigenvalue weighted by Crippen LogP contribution is 2.23. The van der Waals surface area contributed by atoms with Gasteiger partial charge in [-0.3, -0.25) is 4.79 Å². The Balaban J connectivity index is 1.81. The summed E-state index contributed by atoms with van der Waals surface area (Å²) in [5.74, 6) is 0.747. The van der Waals surface area contributed by atoms with Crippen molar-refractivity contribution in [2.24, 2.45) is 0 Å². The average Bonchev–Trinajstić information content (AvgIpc) is 3.10. The molecule has 0 unspecified atom stereocenters. The zero-order valence-electron chi connectivity index (χ0n) is 13.7. The second-order valence-corrected chi connectivity index (χ2v) is 5.86. The van der Waals surface area contributed by atoms with Gasteiger partial charge in [-0.2, -0.15) is 0 Å². The van der Waals surface area contributed by atoms with E-state index in [1.165, 1.54) is 5.56 Å². The van der Waals surface area contributed by atoms with Crippen LogP contribution in [-0.2, 0) is 0 Å². The summed E-state index contributed by atoms with van der Waals surface area (Å²) in [6.45, 7) is 6.59. The number of hydrogen-bond acceptors (Lipinski definition) is 4. The van der Waals surface area contributed by atoms with Crippen molar-refractivity contribution in [2.45, 2.75) is 26.7 Å². The molecule has 0 atom stereocenters. The summed E-state index contributed by atoms with van der Waals surface area (Å²) in [6, 6.07) is 11.9. The van der Waals surface area contributed by atoms with E-state index in [2.05, 4.69) is 47.1 Å². The van der Waals surface area contributed by atoms with Crippen LogP contribution in [0.25, 0.3) is 0 Å². The third-order valence-corrected chi connectivity index (χ3v) is 4.17. The number of likely N-dealkylation sites (tertiary alicyclic amines) is 1. The molecule has 1 fully saturated rings. The molecule has 3 rings (SSSR count). The minimum Gasteiger partial charge on any atom is -0.337 e. The van der Waals surface area contributed by atoms with Crippen molar-refractivity contribution in [3.05, 3.63) is 47.7 Å². The van der Waals surface area contributed by atoms with Crippen molar-refractivity contribution in [1.82, 2.24) is 15.1 Å². The van der Waals surface area contributed by atoms with Gasteiger partial charge in [-0.15, -0.1) is 10.2 Å². The van der Waals surface area contributed by atoms with E-state index in [1.807, 2.05) is 17.0 Å². The molecule has 1 aromatic heterocycles. The van der Waals surface area contributed by atoms with Crippen LogP contribution < -0.4 is 4.90 Å². The van der Waals surface area contributed by atoms with E-state index in [1.54, 1.807) is 6.07 Å². The largest absolute Gasteiger partial charge is 0.337 e. The fourth-order valence-corrected chi connectivity index (χ4v) is 2.94. The quantitative estimate of drug-likeness (QED) is 0.870. The van der Waals surface area contributed by atoms with E-state index in [0.717, 1.165) is 44.0 Å². The summed E-state index contributed by atoms with van der Waals surface area (Å²) in [5, 5.41) is 8.43. The van der Waals surface area contributed by atoms with Crippen molar-refractivity contribution in [1.29, 1.82) is 0 Å². The van der Waals surface area contributed by atoms with Gasteiger partial charge in [-0.25, -0.2) is 0 Å². The third kappa shape index (κ3) is 3.33. The first-order valence-corrected chi connectivity index (χ1v) is 8.16. The monoisotopic (exact) mass is 310 g/mol. The van der Waals surface area contributed by atoms with Gasteiger partial charge in [0.05, 0.1) is 0 Å². The molecule has 2 heterocycles. The maximum Gasteiger partial charge on any atom is 0.274 e. The van der Waals surface area contributed by atoms with Crippen molar-refractivity contribution < 1.29 is 4.79 Å². The molecule has 23 heavy (non-hydrogen) atoms. The van der Waals surface area contributed by atoms with Gasteiger partial charge < -0.3 is 9.80 Å². The first-order chi connectivity index (χ1) is 11.2. The Morgan fingerprint density at radius 1 is 1.17 bits per heavy atom. The van der Waals surface area contributed by atoms with Crippen molar-refractivity contribution >= 4 is 17.4 Å². The summed E-state index contributed by atoms with van der Waals surface area (Å²) < 4.78 is 0. The SMILES string of the molecule is CCN(c1cccc(C)c1)c1ccc(C(=O)N2CCCC2)nn1. The fourth-order valence-electron chi connectivity index (χ4n) is 2.94. The molecule has 1 aliphatic heterocycles. The van der Waals surface area contributed by atoms with Crippen LogP contribution >= 0.6 is 0 Å². The topological polar surface area (TPSA) is 49.3 Å². The molecular formula is C18H22N4O. The Hall–Kier alpha value is -2.43. The number of amides is 1. The first-order valence-electron chi connectivity index (χ1n) is 8.16. The van der Waals surface area contributed by atoms with Crippen molar-refractivity contribution in [2.75, 3.05) is 24.5 Å². The number of carbonyl (C=O) groups excluding carboxylic acids is 1. The lowest BCUT2D eigenvalue weighted by Crippen LogP contribution is -2.29. The Morgan fingerprint density at radius 3 is 2.57 bits per heavy atom. The summed E-state index contributed by atoms with van der Waals surface area (Å²) in [6.07, 6.45) is 2.16. The van der Waals surface area contributed by atoms with Gasteiger partial charge in [0.25, 0.3) is 5.91 Å². The molecule has 1 saturated heterocycles. The van der Waals surface area contributed by atoms with Gasteiger partial charge in [0.2, 0.25) is 0 Å². The highest BCUT2D eigenvalue weighted by Gasteiger charge is 2.21. The van der Waals surface area contributed by atoms with E-state index in [9.17, 15) is 4.79 Å². The van der Waals surface area contributed by atoms with Crippen LogP contribution in [0.2, 0.25) is 0 Å². The van der Waals surface area contributed by atoms with E-state index in [0.29, 0.717) is 5.69 Å². The van der Waals surface area contributed by atoms with Crippen molar-refractivity contribution in [3.63, 3.8) is 0 Å². The van der Waals surface area contributed by atoms with Crippen LogP contribution in [0.1, 0.15) is 35.8 Å². The summed E-state index contributed by atoms with van der Waals surface area (Å²) in [5.41, 5.74) is 2.71. The van der Waals surface area contributed by atoms with E-state index in [-0.39, 0.29) is 5.91 Å². The molecular weight excluding hydrogens is 288 g/mol. The van der Waals surface area contributed by atoms with E-state index in [4.69, 9.17) is 0 Å². The number of rotatable bonds is 4. The van der Waals surface area contributed by atoms with Gasteiger partial charge in [0, 0.05) is 25.3 Å². The second-order valence-electron chi connectivity index (χ2n) is 5.86. The molecule has 0 bridgehead atoms. The van der Waals surface area contributed by atoms with Crippen molar-refractivity contribution in [3.8, 4) is 0 Å². The maximum absolute atomic E-state index is 12.3. The molecule has 0 saturated carbocycles. The van der Waals surface area contributed by atoms with Crippen LogP contribution in [0.5, 0.6) is 0 Å². The van der Waals surface area contributed by atoms with Gasteiger partial charge in [-0.05, 0) is 56.5 Å². The number of aryl methyl sites for hydroxylation is 1. The highest BCUT2D eigenvalue weighted by atomic mass is 16.2. The molecule has 0 N–H and O–H groups in total. The van der Waals surface area contributed by atoms with Crippen LogP contribution in [0.4, 0.5) is 11.5 Å². The Morgan fingerprint density at radius 2 is 1.96 bits per heavy atom. The predicted octanol–water partition coefficient (Wildman–Crippen LogP) is 3.18. The minimum atomic E-state index is -0.0137. The lowest BCUT2D eigenvalue weighted by Gasteiger charge is -2.22. The van der Waals surface area contributed by atoms with Crippen LogP contribution in [-0.4, -0.2) is 40.6 Å². The molecule has 1 aromatic carbocycles. The lowest BCUT2D eigenvalue weighted by molar-refractivity contribution is 0.0786. The fraction of sp³-hybridized carbons (Fsp3) is 0.389. The number of hydrogen-bond donors (Lipinski definition) is 0. The number of nitrogens with zero attached hydrogens (tertiary/aromatic N) is 4. The molecule has 5 heteroatoms. The second kappa shape index (κ2) is 6.77. The highest BCUT2D eigenvalue weighted by molar-refractivity contribution is 5.92. The standard InChI is InChI=1S/C18H22N4O/c1-3-22(15-8-6-7-14(2)13-15)17-10-9-16(19-20-17)18(23)21-11-4-5-12-21/h6-10,13H,3-5,11-12H2,1-2H3. The zero-order valence-corrected chi connectivity index (χ0v) is 13.7. The summed E-state index contributed by atoms with van der Waals surface area (Å²) >= 11 is 0. The summed E-state index contributed by atoms with van der Waals surface area (Å²) in [7, 11) is 0. The Labute approximate surface area is 136 Å². The molecule has 120 valence electrons. The zero-order chi connectivity index (χ0) is 16.2. The van der Waals surface area contributed by atoms with Crippen LogP contribution in [0.15, 0.2) is 36.4 Å². The minimum absolute atomic E-state index is 0.0137. The van der Waals surface area contributed by atoms with E-state index >= 15 is 0 Å². The smallest absolute Gasteiger partial charge is 0.274 e. The average molecular weight is 310 g/mol. The molecule has 1 amide bonds. The number of aromatic nitrogens is 2. The lowest BCUT2D eigenvalue weighted by atomic mass is 10.2. The molecule has 0 radical (unpaired) electrons. The first kappa shape index (κ1) is 15.5. The molecule has 0 spiro atoms.